The van der Waals surface area contributed by atoms with Crippen LogP contribution in [0.3, 0.4) is 0 Å². The lowest BCUT2D eigenvalue weighted by atomic mass is 9.96. The predicted octanol–water partition coefficient (Wildman–Crippen LogP) is 4.27. The van der Waals surface area contributed by atoms with Gasteiger partial charge < -0.3 is 9.47 Å². The van der Waals surface area contributed by atoms with Crippen LogP contribution in [0, 0.1) is 23.7 Å². The molecule has 0 fully saturated rings. The van der Waals surface area contributed by atoms with Crippen molar-refractivity contribution < 1.29 is 9.47 Å². The maximum atomic E-state index is 9.53. The van der Waals surface area contributed by atoms with Gasteiger partial charge in [-0.2, -0.15) is 5.26 Å². The zero-order chi connectivity index (χ0) is 17.6. The fourth-order valence-corrected chi connectivity index (χ4v) is 4.13. The second kappa shape index (κ2) is 7.88. The molecule has 0 unspecified atom stereocenters. The molecule has 1 heterocycles. The molecule has 1 aliphatic rings. The molecule has 4 nitrogen and oxygen atoms in total. The standard InChI is InChI=1S/C20H18N2O2S/c1-3-11-24-19-14(7-6-9-17(19)23-2)13-22-20-16(12-21)15-8-4-5-10-18(15)25-20/h1,6-7,9,13H,4-5,8,10-11H2,2H3. The van der Waals surface area contributed by atoms with Gasteiger partial charge in [-0.25, -0.2) is 4.99 Å². The normalized spacial score (nSPS) is 13.1. The SMILES string of the molecule is C#CCOc1c(C=Nc2sc3c(c2C#N)CCCC3)cccc1OC. The second-order valence-electron chi connectivity index (χ2n) is 5.63. The van der Waals surface area contributed by atoms with Crippen molar-refractivity contribution in [2.75, 3.05) is 13.7 Å². The van der Waals surface area contributed by atoms with Gasteiger partial charge in [-0.05, 0) is 43.4 Å². The Morgan fingerprint density at radius 2 is 2.20 bits per heavy atom. The first-order chi connectivity index (χ1) is 12.3. The molecule has 25 heavy (non-hydrogen) atoms. The smallest absolute Gasteiger partial charge is 0.171 e. The predicted molar refractivity (Wildman–Crippen MR) is 100 cm³/mol. The van der Waals surface area contributed by atoms with E-state index >= 15 is 0 Å². The quantitative estimate of drug-likeness (QED) is 0.598. The summed E-state index contributed by atoms with van der Waals surface area (Å²) in [6.07, 6.45) is 11.3. The molecule has 1 aliphatic carbocycles. The number of rotatable bonds is 5. The van der Waals surface area contributed by atoms with E-state index in [1.807, 2.05) is 18.2 Å². The average Bonchev–Trinajstić information content (AvgIpc) is 3.02. The first kappa shape index (κ1) is 17.1. The molecule has 0 N–H and O–H groups in total. The van der Waals surface area contributed by atoms with Crippen LogP contribution < -0.4 is 9.47 Å². The van der Waals surface area contributed by atoms with Gasteiger partial charge in [0.25, 0.3) is 0 Å². The number of hydrogen-bond donors (Lipinski definition) is 0. The Morgan fingerprint density at radius 3 is 2.96 bits per heavy atom. The molecular formula is C20H18N2O2S. The highest BCUT2D eigenvalue weighted by Gasteiger charge is 2.20. The van der Waals surface area contributed by atoms with Gasteiger partial charge in [0.1, 0.15) is 17.7 Å². The van der Waals surface area contributed by atoms with Crippen molar-refractivity contribution in [3.05, 3.63) is 39.8 Å². The number of nitrogens with zero attached hydrogens (tertiary/aromatic N) is 2. The van der Waals surface area contributed by atoms with Crippen LogP contribution in [0.15, 0.2) is 23.2 Å². The van der Waals surface area contributed by atoms with Gasteiger partial charge in [-0.1, -0.05) is 12.0 Å². The lowest BCUT2D eigenvalue weighted by Crippen LogP contribution is -2.00. The maximum absolute atomic E-state index is 9.53. The topological polar surface area (TPSA) is 54.6 Å². The Morgan fingerprint density at radius 1 is 1.36 bits per heavy atom. The van der Waals surface area contributed by atoms with Gasteiger partial charge in [0.15, 0.2) is 11.5 Å². The molecule has 0 radical (unpaired) electrons. The number of fused-ring (bicyclic) bond motifs is 1. The fourth-order valence-electron chi connectivity index (χ4n) is 2.95. The number of hydrogen-bond acceptors (Lipinski definition) is 5. The molecule has 2 aromatic rings. The van der Waals surface area contributed by atoms with Crippen LogP contribution in [-0.2, 0) is 12.8 Å². The largest absolute Gasteiger partial charge is 0.493 e. The van der Waals surface area contributed by atoms with Crippen LogP contribution >= 0.6 is 11.3 Å². The highest BCUT2D eigenvalue weighted by Crippen LogP contribution is 2.39. The van der Waals surface area contributed by atoms with Crippen LogP contribution in [0.25, 0.3) is 0 Å². The Kier molecular flexibility index (Phi) is 5.38. The van der Waals surface area contributed by atoms with Crippen LogP contribution in [0.2, 0.25) is 0 Å². The molecule has 0 spiro atoms. The zero-order valence-electron chi connectivity index (χ0n) is 14.0. The van der Waals surface area contributed by atoms with Crippen molar-refractivity contribution in [3.63, 3.8) is 0 Å². The van der Waals surface area contributed by atoms with E-state index in [1.165, 1.54) is 16.9 Å². The number of thiophene rings is 1. The zero-order valence-corrected chi connectivity index (χ0v) is 14.9. The number of nitriles is 1. The molecule has 3 rings (SSSR count). The Balaban J connectivity index is 1.97. The maximum Gasteiger partial charge on any atom is 0.171 e. The highest BCUT2D eigenvalue weighted by atomic mass is 32.1. The van der Waals surface area contributed by atoms with Gasteiger partial charge in [-0.3, -0.25) is 0 Å². The molecule has 0 aliphatic heterocycles. The summed E-state index contributed by atoms with van der Waals surface area (Å²) >= 11 is 1.61. The summed E-state index contributed by atoms with van der Waals surface area (Å²) in [5.41, 5.74) is 2.66. The van der Waals surface area contributed by atoms with Crippen LogP contribution in [0.1, 0.15) is 34.4 Å². The number of terminal acetylenes is 1. The van der Waals surface area contributed by atoms with Gasteiger partial charge in [-0.15, -0.1) is 17.8 Å². The van der Waals surface area contributed by atoms with Gasteiger partial charge in [0.05, 0.1) is 12.7 Å². The lowest BCUT2D eigenvalue weighted by molar-refractivity contribution is 0.330. The Bertz CT molecular complexity index is 884. The fraction of sp³-hybridized carbons (Fsp3) is 0.300. The monoisotopic (exact) mass is 350 g/mol. The van der Waals surface area contributed by atoms with Crippen molar-refractivity contribution in [2.24, 2.45) is 4.99 Å². The number of ether oxygens (including phenoxy) is 2. The van der Waals surface area contributed by atoms with Crippen molar-refractivity contribution in [2.45, 2.75) is 25.7 Å². The molecule has 0 saturated carbocycles. The average molecular weight is 350 g/mol. The summed E-state index contributed by atoms with van der Waals surface area (Å²) < 4.78 is 11.0. The van der Waals surface area contributed by atoms with Crippen molar-refractivity contribution in [1.29, 1.82) is 5.26 Å². The van der Waals surface area contributed by atoms with E-state index in [4.69, 9.17) is 15.9 Å². The minimum atomic E-state index is 0.151. The molecule has 1 aromatic carbocycles. The minimum Gasteiger partial charge on any atom is -0.493 e. The summed E-state index contributed by atoms with van der Waals surface area (Å²) in [4.78, 5) is 5.88. The van der Waals surface area contributed by atoms with E-state index in [1.54, 1.807) is 24.7 Å². The second-order valence-corrected chi connectivity index (χ2v) is 6.72. The summed E-state index contributed by atoms with van der Waals surface area (Å²) in [7, 11) is 1.58. The molecule has 5 heteroatoms. The molecule has 126 valence electrons. The van der Waals surface area contributed by atoms with Gasteiger partial charge >= 0.3 is 0 Å². The van der Waals surface area contributed by atoms with Crippen molar-refractivity contribution >= 4 is 22.6 Å². The first-order valence-electron chi connectivity index (χ1n) is 8.10. The number of benzene rings is 1. The van der Waals surface area contributed by atoms with E-state index in [0.717, 1.165) is 29.8 Å². The third-order valence-corrected chi connectivity index (χ3v) is 5.31. The van der Waals surface area contributed by atoms with Gasteiger partial charge in [0.2, 0.25) is 0 Å². The number of methoxy groups -OCH3 is 1. The molecule has 0 bridgehead atoms. The summed E-state index contributed by atoms with van der Waals surface area (Å²) in [5.74, 6) is 3.62. The summed E-state index contributed by atoms with van der Waals surface area (Å²) in [5, 5.41) is 10.3. The molecule has 0 atom stereocenters. The highest BCUT2D eigenvalue weighted by molar-refractivity contribution is 7.16. The van der Waals surface area contributed by atoms with Crippen LogP contribution in [0.5, 0.6) is 11.5 Å². The first-order valence-corrected chi connectivity index (χ1v) is 8.92. The van der Waals surface area contributed by atoms with Crippen molar-refractivity contribution in [3.8, 4) is 29.9 Å². The number of aliphatic imine (C=N–C) groups is 1. The lowest BCUT2D eigenvalue weighted by Gasteiger charge is -2.11. The third-order valence-electron chi connectivity index (χ3n) is 4.11. The number of aryl methyl sites for hydroxylation is 1. The van der Waals surface area contributed by atoms with E-state index in [9.17, 15) is 5.26 Å². The summed E-state index contributed by atoms with van der Waals surface area (Å²) in [6.45, 7) is 0.151. The molecular weight excluding hydrogens is 332 g/mol. The van der Waals surface area contributed by atoms with Crippen LogP contribution in [-0.4, -0.2) is 19.9 Å². The van der Waals surface area contributed by atoms with Crippen LogP contribution in [0.4, 0.5) is 5.00 Å². The molecule has 0 amide bonds. The van der Waals surface area contributed by atoms with Gasteiger partial charge in [0, 0.05) is 16.7 Å². The van der Waals surface area contributed by atoms with E-state index < -0.39 is 0 Å². The minimum absolute atomic E-state index is 0.151. The van der Waals surface area contributed by atoms with E-state index in [0.29, 0.717) is 17.1 Å². The van der Waals surface area contributed by atoms with E-state index in [2.05, 4.69) is 17.0 Å². The third kappa shape index (κ3) is 3.52. The Hall–Kier alpha value is -2.76. The van der Waals surface area contributed by atoms with Crippen molar-refractivity contribution in [1.82, 2.24) is 0 Å². The summed E-state index contributed by atoms with van der Waals surface area (Å²) in [6, 6.07) is 7.89. The number of para-hydroxylation sites is 1. The molecule has 1 aromatic heterocycles. The molecule has 0 saturated heterocycles. The van der Waals surface area contributed by atoms with E-state index in [-0.39, 0.29) is 6.61 Å². The Labute approximate surface area is 151 Å².